The number of halogens is 6. The van der Waals surface area contributed by atoms with E-state index in [1.54, 1.807) is 0 Å². The minimum atomic E-state index is -4.76. The van der Waals surface area contributed by atoms with E-state index in [2.05, 4.69) is 0 Å². The fraction of sp³-hybridized carbons (Fsp3) is 0.200. The van der Waals surface area contributed by atoms with Gasteiger partial charge in [-0.1, -0.05) is 24.3 Å². The topological polar surface area (TPSA) is 26.0 Å². The van der Waals surface area contributed by atoms with Gasteiger partial charge in [0.2, 0.25) is 0 Å². The largest absolute Gasteiger partial charge is 0.417 e. The van der Waals surface area contributed by atoms with E-state index >= 15 is 0 Å². The van der Waals surface area contributed by atoms with Crippen molar-refractivity contribution in [1.82, 2.24) is 0 Å². The van der Waals surface area contributed by atoms with E-state index in [4.69, 9.17) is 5.73 Å². The van der Waals surface area contributed by atoms with E-state index in [9.17, 15) is 26.3 Å². The average molecular weight is 319 g/mol. The Morgan fingerprint density at radius 3 is 1.82 bits per heavy atom. The highest BCUT2D eigenvalue weighted by Crippen LogP contribution is 2.42. The number of alkyl halides is 6. The quantitative estimate of drug-likeness (QED) is 0.787. The van der Waals surface area contributed by atoms with Crippen LogP contribution >= 0.6 is 0 Å². The molecule has 0 saturated heterocycles. The highest BCUT2D eigenvalue weighted by Gasteiger charge is 2.38. The highest BCUT2D eigenvalue weighted by atomic mass is 19.4. The van der Waals surface area contributed by atoms with Crippen LogP contribution in [0.4, 0.5) is 26.3 Å². The fourth-order valence-electron chi connectivity index (χ4n) is 2.15. The van der Waals surface area contributed by atoms with Gasteiger partial charge in [0.05, 0.1) is 11.1 Å². The first kappa shape index (κ1) is 16.4. The SMILES string of the molecule is NCc1ccc(C(F)(F)F)c(-c2ccccc2C(F)(F)F)c1. The molecule has 0 aromatic heterocycles. The number of hydrogen-bond donors (Lipinski definition) is 1. The maximum Gasteiger partial charge on any atom is 0.417 e. The number of hydrogen-bond acceptors (Lipinski definition) is 1. The van der Waals surface area contributed by atoms with Crippen LogP contribution in [0.3, 0.4) is 0 Å². The molecule has 2 aromatic carbocycles. The summed E-state index contributed by atoms with van der Waals surface area (Å²) in [6, 6.07) is 7.13. The van der Waals surface area contributed by atoms with Gasteiger partial charge in [0.15, 0.2) is 0 Å². The molecule has 0 amide bonds. The predicted octanol–water partition coefficient (Wildman–Crippen LogP) is 4.85. The van der Waals surface area contributed by atoms with Gasteiger partial charge in [0, 0.05) is 6.54 Å². The van der Waals surface area contributed by atoms with Crippen molar-refractivity contribution in [3.8, 4) is 11.1 Å². The van der Waals surface area contributed by atoms with Gasteiger partial charge in [-0.25, -0.2) is 0 Å². The minimum Gasteiger partial charge on any atom is -0.326 e. The molecule has 0 aliphatic rings. The van der Waals surface area contributed by atoms with Crippen molar-refractivity contribution in [2.24, 2.45) is 5.73 Å². The van der Waals surface area contributed by atoms with Crippen LogP contribution in [0.15, 0.2) is 42.5 Å². The third-order valence-electron chi connectivity index (χ3n) is 3.15. The molecule has 118 valence electrons. The Labute approximate surface area is 122 Å². The second-order valence-corrected chi connectivity index (χ2v) is 4.63. The summed E-state index contributed by atoms with van der Waals surface area (Å²) in [5.74, 6) is 0. The molecule has 0 bridgehead atoms. The Kier molecular flexibility index (Phi) is 4.19. The molecular weight excluding hydrogens is 308 g/mol. The van der Waals surface area contributed by atoms with E-state index in [1.165, 1.54) is 6.07 Å². The van der Waals surface area contributed by atoms with E-state index < -0.39 is 34.6 Å². The van der Waals surface area contributed by atoms with Crippen LogP contribution in [0, 0.1) is 0 Å². The maximum absolute atomic E-state index is 13.1. The molecule has 0 radical (unpaired) electrons. The molecule has 7 heteroatoms. The lowest BCUT2D eigenvalue weighted by atomic mass is 9.93. The lowest BCUT2D eigenvalue weighted by molar-refractivity contribution is -0.139. The van der Waals surface area contributed by atoms with Gasteiger partial charge < -0.3 is 5.73 Å². The first-order chi connectivity index (χ1) is 10.1. The molecule has 0 aliphatic carbocycles. The Morgan fingerprint density at radius 1 is 0.727 bits per heavy atom. The highest BCUT2D eigenvalue weighted by molar-refractivity contribution is 5.72. The van der Waals surface area contributed by atoms with Crippen LogP contribution in [0.25, 0.3) is 11.1 Å². The van der Waals surface area contributed by atoms with Gasteiger partial charge in [-0.2, -0.15) is 26.3 Å². The predicted molar refractivity (Wildman–Crippen MR) is 69.8 cm³/mol. The van der Waals surface area contributed by atoms with E-state index in [-0.39, 0.29) is 6.54 Å². The average Bonchev–Trinajstić information content (AvgIpc) is 2.44. The molecule has 0 aliphatic heterocycles. The van der Waals surface area contributed by atoms with Gasteiger partial charge in [-0.15, -0.1) is 0 Å². The molecule has 2 rings (SSSR count). The second-order valence-electron chi connectivity index (χ2n) is 4.63. The van der Waals surface area contributed by atoms with Crippen molar-refractivity contribution in [2.45, 2.75) is 18.9 Å². The van der Waals surface area contributed by atoms with E-state index in [0.717, 1.165) is 36.4 Å². The third-order valence-corrected chi connectivity index (χ3v) is 3.15. The van der Waals surface area contributed by atoms with Crippen molar-refractivity contribution in [3.05, 3.63) is 59.2 Å². The minimum absolute atomic E-state index is 0.0701. The standard InChI is InChI=1S/C15H11F6N/c16-14(17,18)12-4-2-1-3-10(12)11-7-9(8-22)5-6-13(11)15(19,20)21/h1-7H,8,22H2. The van der Waals surface area contributed by atoms with Gasteiger partial charge in [0.25, 0.3) is 0 Å². The summed E-state index contributed by atoms with van der Waals surface area (Å²) < 4.78 is 78.4. The first-order valence-electron chi connectivity index (χ1n) is 6.21. The first-order valence-corrected chi connectivity index (χ1v) is 6.21. The summed E-state index contributed by atoms with van der Waals surface area (Å²) in [5, 5.41) is 0. The lowest BCUT2D eigenvalue weighted by Crippen LogP contribution is -2.12. The fourth-order valence-corrected chi connectivity index (χ4v) is 2.15. The van der Waals surface area contributed by atoms with Crippen molar-refractivity contribution in [2.75, 3.05) is 0 Å². The van der Waals surface area contributed by atoms with Crippen molar-refractivity contribution < 1.29 is 26.3 Å². The van der Waals surface area contributed by atoms with Gasteiger partial charge in [-0.05, 0) is 34.9 Å². The maximum atomic E-state index is 13.1. The van der Waals surface area contributed by atoms with Crippen molar-refractivity contribution >= 4 is 0 Å². The normalized spacial score (nSPS) is 12.5. The zero-order chi connectivity index (χ0) is 16.5. The Morgan fingerprint density at radius 2 is 1.27 bits per heavy atom. The number of rotatable bonds is 2. The van der Waals surface area contributed by atoms with E-state index in [0.29, 0.717) is 5.56 Å². The summed E-state index contributed by atoms with van der Waals surface area (Å²) in [6.45, 7) is -0.0701. The zero-order valence-corrected chi connectivity index (χ0v) is 11.1. The number of benzene rings is 2. The molecular formula is C15H11F6N. The number of nitrogens with two attached hydrogens (primary N) is 1. The molecule has 0 fully saturated rings. The monoisotopic (exact) mass is 319 g/mol. The third kappa shape index (κ3) is 3.24. The van der Waals surface area contributed by atoms with Crippen LogP contribution in [-0.2, 0) is 18.9 Å². The molecule has 0 heterocycles. The molecule has 22 heavy (non-hydrogen) atoms. The van der Waals surface area contributed by atoms with Crippen LogP contribution in [-0.4, -0.2) is 0 Å². The summed E-state index contributed by atoms with van der Waals surface area (Å²) in [4.78, 5) is 0. The Hall–Kier alpha value is -2.02. The summed E-state index contributed by atoms with van der Waals surface area (Å²) >= 11 is 0. The molecule has 2 N–H and O–H groups in total. The van der Waals surface area contributed by atoms with Crippen LogP contribution < -0.4 is 5.73 Å². The molecule has 0 unspecified atom stereocenters. The van der Waals surface area contributed by atoms with Crippen LogP contribution in [0.1, 0.15) is 16.7 Å². The Bertz CT molecular complexity index is 672. The van der Waals surface area contributed by atoms with E-state index in [1.807, 2.05) is 0 Å². The van der Waals surface area contributed by atoms with Gasteiger partial charge >= 0.3 is 12.4 Å². The zero-order valence-electron chi connectivity index (χ0n) is 11.1. The summed E-state index contributed by atoms with van der Waals surface area (Å²) in [5.41, 5.74) is 2.42. The molecule has 0 spiro atoms. The molecule has 0 saturated carbocycles. The Balaban J connectivity index is 2.77. The summed E-state index contributed by atoms with van der Waals surface area (Å²) in [7, 11) is 0. The molecule has 1 nitrogen and oxygen atoms in total. The molecule has 0 atom stereocenters. The lowest BCUT2D eigenvalue weighted by Gasteiger charge is -2.18. The van der Waals surface area contributed by atoms with Crippen LogP contribution in [0.2, 0.25) is 0 Å². The van der Waals surface area contributed by atoms with Crippen molar-refractivity contribution in [3.63, 3.8) is 0 Å². The second kappa shape index (κ2) is 5.64. The van der Waals surface area contributed by atoms with Gasteiger partial charge in [-0.3, -0.25) is 0 Å². The summed E-state index contributed by atoms with van der Waals surface area (Å²) in [6.07, 6.45) is -9.51. The smallest absolute Gasteiger partial charge is 0.326 e. The van der Waals surface area contributed by atoms with Gasteiger partial charge in [0.1, 0.15) is 0 Å². The van der Waals surface area contributed by atoms with Crippen LogP contribution in [0.5, 0.6) is 0 Å². The van der Waals surface area contributed by atoms with Crippen molar-refractivity contribution in [1.29, 1.82) is 0 Å². The molecule has 2 aromatic rings.